The summed E-state index contributed by atoms with van der Waals surface area (Å²) in [5, 5.41) is 0. The predicted octanol–water partition coefficient (Wildman–Crippen LogP) is -1.45. The van der Waals surface area contributed by atoms with Gasteiger partial charge in [0.2, 0.25) is 0 Å². The molecule has 0 spiro atoms. The van der Waals surface area contributed by atoms with Gasteiger partial charge in [0.05, 0.1) is 0 Å². The third kappa shape index (κ3) is 5.13. The summed E-state index contributed by atoms with van der Waals surface area (Å²) in [5.41, 5.74) is 0. The molecule has 2 heteroatoms. The average molecular weight is 185 g/mol. The normalized spacial score (nSPS) is 16.0. The van der Waals surface area contributed by atoms with Crippen LogP contribution in [0.1, 0.15) is 19.3 Å². The maximum absolute atomic E-state index is 2.31. The minimum absolute atomic E-state index is 0. The smallest absolute Gasteiger partial charge is 1.00 e. The molecule has 42 valence electrons. The van der Waals surface area contributed by atoms with E-state index in [0.29, 0.717) is 0 Å². The molecule has 0 aromatic rings. The van der Waals surface area contributed by atoms with Crippen molar-refractivity contribution in [2.75, 3.05) is 0 Å². The van der Waals surface area contributed by atoms with E-state index in [1.165, 1.54) is 19.3 Å². The van der Waals surface area contributed by atoms with Gasteiger partial charge in [-0.1, -0.05) is 12.5 Å². The van der Waals surface area contributed by atoms with Crippen molar-refractivity contribution in [3.8, 4) is 0 Å². The van der Waals surface area contributed by atoms with Crippen LogP contribution < -0.4 is 17.0 Å². The summed E-state index contributed by atoms with van der Waals surface area (Å²) in [4.78, 5) is 0. The zero-order chi connectivity index (χ0) is 4.24. The molecular formula is C6H9BrMg. The van der Waals surface area contributed by atoms with Crippen LogP contribution in [-0.2, 0) is 0 Å². The van der Waals surface area contributed by atoms with Gasteiger partial charge < -0.3 is 23.4 Å². The van der Waals surface area contributed by atoms with Gasteiger partial charge in [0.25, 0.3) is 0 Å². The Kier molecular flexibility index (Phi) is 11.7. The fourth-order valence-electron chi connectivity index (χ4n) is 0.642. The first kappa shape index (κ1) is 11.7. The van der Waals surface area contributed by atoms with Gasteiger partial charge in [0.1, 0.15) is 0 Å². The second kappa shape index (κ2) is 7.99. The molecule has 0 aromatic carbocycles. The minimum atomic E-state index is 0. The number of allylic oxidation sites excluding steroid dienone is 2. The fraction of sp³-hybridized carbons (Fsp3) is 0.500. The van der Waals surface area contributed by atoms with Crippen LogP contribution in [0.25, 0.3) is 0 Å². The first-order valence-corrected chi connectivity index (χ1v) is 2.47. The van der Waals surface area contributed by atoms with E-state index in [4.69, 9.17) is 0 Å². The molecule has 0 saturated carbocycles. The fourth-order valence-corrected chi connectivity index (χ4v) is 0.642. The molecule has 0 aromatic heterocycles. The molecule has 8 heavy (non-hydrogen) atoms. The SMILES string of the molecule is C1=CCC[CH-]C1.[Br-].[Mg+2]. The van der Waals surface area contributed by atoms with Crippen LogP contribution in [0.15, 0.2) is 12.2 Å². The van der Waals surface area contributed by atoms with Crippen molar-refractivity contribution in [2.24, 2.45) is 0 Å². The van der Waals surface area contributed by atoms with E-state index in [0.717, 1.165) is 0 Å². The third-order valence-electron chi connectivity index (χ3n) is 1.01. The van der Waals surface area contributed by atoms with Gasteiger partial charge in [-0.3, -0.25) is 0 Å². The molecule has 0 atom stereocenters. The minimum Gasteiger partial charge on any atom is -1.00 e. The average Bonchev–Trinajstić information content (AvgIpc) is 1.72. The number of halogens is 1. The molecule has 0 nitrogen and oxygen atoms in total. The van der Waals surface area contributed by atoms with Crippen LogP contribution in [0, 0.1) is 6.42 Å². The number of hydrogen-bond donors (Lipinski definition) is 0. The van der Waals surface area contributed by atoms with Gasteiger partial charge in [-0.15, -0.1) is 6.08 Å². The Morgan fingerprint density at radius 1 is 1.25 bits per heavy atom. The Hall–Kier alpha value is 0.986. The summed E-state index contributed by atoms with van der Waals surface area (Å²) in [6.45, 7) is 0. The molecule has 0 fully saturated rings. The van der Waals surface area contributed by atoms with Gasteiger partial charge in [-0.2, -0.15) is 12.8 Å². The summed E-state index contributed by atoms with van der Waals surface area (Å²) in [6.07, 6.45) is 10.5. The molecule has 1 rings (SSSR count). The molecule has 0 amide bonds. The largest absolute Gasteiger partial charge is 2.00 e. The van der Waals surface area contributed by atoms with E-state index >= 15 is 0 Å². The van der Waals surface area contributed by atoms with Gasteiger partial charge in [-0.25, -0.2) is 0 Å². The molecule has 0 unspecified atom stereocenters. The van der Waals surface area contributed by atoms with Gasteiger partial charge in [-0.05, 0) is 0 Å². The van der Waals surface area contributed by atoms with Gasteiger partial charge >= 0.3 is 23.1 Å². The van der Waals surface area contributed by atoms with Crippen molar-refractivity contribution in [2.45, 2.75) is 19.3 Å². The molecule has 0 bridgehead atoms. The van der Waals surface area contributed by atoms with Crippen LogP contribution >= 0.6 is 0 Å². The Balaban J connectivity index is 0. The summed E-state index contributed by atoms with van der Waals surface area (Å²) in [6, 6.07) is 0. The second-order valence-corrected chi connectivity index (χ2v) is 1.57. The molecular weight excluding hydrogens is 176 g/mol. The second-order valence-electron chi connectivity index (χ2n) is 1.57. The van der Waals surface area contributed by atoms with E-state index in [-0.39, 0.29) is 40.0 Å². The van der Waals surface area contributed by atoms with Crippen molar-refractivity contribution in [3.63, 3.8) is 0 Å². The standard InChI is InChI=1S/C6H9.BrH.Mg/c1-2-4-6-5-3-1;;/h1-2,5H,3-4,6H2;1H;/q-1;;+2/p-1. The van der Waals surface area contributed by atoms with E-state index in [2.05, 4.69) is 18.6 Å². The van der Waals surface area contributed by atoms with Crippen LogP contribution in [0.5, 0.6) is 0 Å². The quantitative estimate of drug-likeness (QED) is 0.246. The van der Waals surface area contributed by atoms with Gasteiger partial charge in [0, 0.05) is 0 Å². The Morgan fingerprint density at radius 2 is 2.00 bits per heavy atom. The molecule has 0 aliphatic heterocycles. The van der Waals surface area contributed by atoms with Crippen LogP contribution in [-0.4, -0.2) is 23.1 Å². The van der Waals surface area contributed by atoms with Crippen LogP contribution in [0.4, 0.5) is 0 Å². The zero-order valence-electron chi connectivity index (χ0n) is 4.94. The van der Waals surface area contributed by atoms with E-state index in [1.54, 1.807) is 0 Å². The topological polar surface area (TPSA) is 0 Å². The zero-order valence-corrected chi connectivity index (χ0v) is 7.94. The third-order valence-corrected chi connectivity index (χ3v) is 1.01. The molecule has 0 N–H and O–H groups in total. The first-order valence-electron chi connectivity index (χ1n) is 2.47. The maximum Gasteiger partial charge on any atom is 2.00 e. The Labute approximate surface area is 77.7 Å². The van der Waals surface area contributed by atoms with Crippen molar-refractivity contribution < 1.29 is 17.0 Å². The number of rotatable bonds is 0. The van der Waals surface area contributed by atoms with Crippen molar-refractivity contribution in [3.05, 3.63) is 18.6 Å². The van der Waals surface area contributed by atoms with Crippen molar-refractivity contribution in [1.29, 1.82) is 0 Å². The van der Waals surface area contributed by atoms with Crippen LogP contribution in [0.3, 0.4) is 0 Å². The van der Waals surface area contributed by atoms with E-state index in [1.807, 2.05) is 0 Å². The summed E-state index contributed by atoms with van der Waals surface area (Å²) >= 11 is 0. The van der Waals surface area contributed by atoms with Crippen molar-refractivity contribution >= 4 is 23.1 Å². The van der Waals surface area contributed by atoms with Gasteiger partial charge in [0.15, 0.2) is 0 Å². The molecule has 1 aliphatic carbocycles. The Bertz CT molecular complexity index is 53.5. The van der Waals surface area contributed by atoms with E-state index in [9.17, 15) is 0 Å². The molecule has 0 heterocycles. The maximum atomic E-state index is 2.31. The summed E-state index contributed by atoms with van der Waals surface area (Å²) in [7, 11) is 0. The summed E-state index contributed by atoms with van der Waals surface area (Å²) in [5.74, 6) is 0. The molecule has 0 saturated heterocycles. The van der Waals surface area contributed by atoms with Crippen LogP contribution in [0.2, 0.25) is 0 Å². The molecule has 1 aliphatic rings. The summed E-state index contributed by atoms with van der Waals surface area (Å²) < 4.78 is 0. The monoisotopic (exact) mass is 184 g/mol. The predicted molar refractivity (Wildman–Crippen MR) is 33.0 cm³/mol. The van der Waals surface area contributed by atoms with Crippen molar-refractivity contribution in [1.82, 2.24) is 0 Å². The number of hydrogen-bond acceptors (Lipinski definition) is 0. The van der Waals surface area contributed by atoms with E-state index < -0.39 is 0 Å². The molecule has 0 radical (unpaired) electrons. The first-order chi connectivity index (χ1) is 3.00. The Morgan fingerprint density at radius 3 is 2.12 bits per heavy atom.